The normalized spacial score (nSPS) is 15.9. The maximum atomic E-state index is 12.2. The van der Waals surface area contributed by atoms with Gasteiger partial charge in [0.1, 0.15) is 11.4 Å². The van der Waals surface area contributed by atoms with Crippen LogP contribution < -0.4 is 10.6 Å². The number of carbonyl (C=O) groups excluding carboxylic acids is 1. The minimum Gasteiger partial charge on any atom is -0.444 e. The number of rotatable bonds is 7. The minimum absolute atomic E-state index is 0.225. The zero-order chi connectivity index (χ0) is 22.1. The van der Waals surface area contributed by atoms with E-state index in [1.54, 1.807) is 11.9 Å². The van der Waals surface area contributed by atoms with Crippen molar-refractivity contribution in [2.75, 3.05) is 46.3 Å². The molecule has 1 aromatic heterocycles. The fraction of sp³-hybridized carbons (Fsp3) is 0.762. The number of hydrogen-bond donors (Lipinski definition) is 2. The SMILES string of the molecule is CCc1noc(CC)c1CNC(=NC)NCCN1CCN(C(=O)OC(C)(C)C)CC1. The fourth-order valence-corrected chi connectivity index (χ4v) is 3.34. The van der Waals surface area contributed by atoms with Gasteiger partial charge in [0, 0.05) is 64.8 Å². The lowest BCUT2D eigenvalue weighted by Crippen LogP contribution is -2.51. The summed E-state index contributed by atoms with van der Waals surface area (Å²) in [5.74, 6) is 1.69. The van der Waals surface area contributed by atoms with Crippen LogP contribution in [-0.4, -0.2) is 78.9 Å². The summed E-state index contributed by atoms with van der Waals surface area (Å²) in [6, 6.07) is 0. The van der Waals surface area contributed by atoms with Gasteiger partial charge in [-0.25, -0.2) is 4.79 Å². The molecule has 0 saturated carbocycles. The average Bonchev–Trinajstić information content (AvgIpc) is 3.11. The molecule has 1 amide bonds. The predicted molar refractivity (Wildman–Crippen MR) is 118 cm³/mol. The van der Waals surface area contributed by atoms with Crippen molar-refractivity contribution < 1.29 is 14.1 Å². The number of aromatic nitrogens is 1. The molecule has 9 nitrogen and oxygen atoms in total. The molecule has 2 N–H and O–H groups in total. The van der Waals surface area contributed by atoms with Crippen molar-refractivity contribution in [3.63, 3.8) is 0 Å². The van der Waals surface area contributed by atoms with Crippen molar-refractivity contribution in [1.82, 2.24) is 25.6 Å². The smallest absolute Gasteiger partial charge is 0.410 e. The molecule has 2 rings (SSSR count). The van der Waals surface area contributed by atoms with Crippen LogP contribution in [0.2, 0.25) is 0 Å². The van der Waals surface area contributed by atoms with Gasteiger partial charge in [0.15, 0.2) is 5.96 Å². The average molecular weight is 423 g/mol. The zero-order valence-electron chi connectivity index (χ0n) is 19.4. The molecule has 1 aromatic rings. The number of ether oxygens (including phenoxy) is 1. The van der Waals surface area contributed by atoms with Gasteiger partial charge in [0.25, 0.3) is 0 Å². The molecule has 9 heteroatoms. The lowest BCUT2D eigenvalue weighted by molar-refractivity contribution is 0.0147. The first-order valence-electron chi connectivity index (χ1n) is 10.9. The van der Waals surface area contributed by atoms with Crippen molar-refractivity contribution in [2.45, 2.75) is 59.6 Å². The van der Waals surface area contributed by atoms with Crippen molar-refractivity contribution >= 4 is 12.1 Å². The van der Waals surface area contributed by atoms with Crippen molar-refractivity contribution in [3.05, 3.63) is 17.0 Å². The van der Waals surface area contributed by atoms with Crippen LogP contribution >= 0.6 is 0 Å². The van der Waals surface area contributed by atoms with Crippen LogP contribution in [0.5, 0.6) is 0 Å². The van der Waals surface area contributed by atoms with E-state index in [4.69, 9.17) is 9.26 Å². The zero-order valence-corrected chi connectivity index (χ0v) is 19.4. The molecule has 2 heterocycles. The predicted octanol–water partition coefficient (Wildman–Crippen LogP) is 2.02. The highest BCUT2D eigenvalue weighted by atomic mass is 16.6. The highest BCUT2D eigenvalue weighted by Crippen LogP contribution is 2.15. The molecule has 0 spiro atoms. The van der Waals surface area contributed by atoms with E-state index in [2.05, 4.69) is 39.5 Å². The summed E-state index contributed by atoms with van der Waals surface area (Å²) in [6.45, 7) is 15.2. The molecule has 30 heavy (non-hydrogen) atoms. The highest BCUT2D eigenvalue weighted by Gasteiger charge is 2.25. The molecule has 0 radical (unpaired) electrons. The maximum absolute atomic E-state index is 12.2. The summed E-state index contributed by atoms with van der Waals surface area (Å²) < 4.78 is 10.9. The second-order valence-corrected chi connectivity index (χ2v) is 8.40. The molecular weight excluding hydrogens is 384 g/mol. The van der Waals surface area contributed by atoms with Gasteiger partial charge in [-0.05, 0) is 27.2 Å². The Labute approximate surface area is 180 Å². The lowest BCUT2D eigenvalue weighted by atomic mass is 10.1. The van der Waals surface area contributed by atoms with Gasteiger partial charge in [-0.3, -0.25) is 9.89 Å². The third kappa shape index (κ3) is 7.19. The largest absolute Gasteiger partial charge is 0.444 e. The van der Waals surface area contributed by atoms with Gasteiger partial charge in [-0.15, -0.1) is 0 Å². The number of aryl methyl sites for hydroxylation is 2. The van der Waals surface area contributed by atoms with Crippen LogP contribution in [0.1, 0.15) is 51.6 Å². The van der Waals surface area contributed by atoms with Gasteiger partial charge in [-0.1, -0.05) is 19.0 Å². The second kappa shape index (κ2) is 11.2. The van der Waals surface area contributed by atoms with E-state index in [0.29, 0.717) is 19.6 Å². The van der Waals surface area contributed by atoms with Crippen molar-refractivity contribution in [3.8, 4) is 0 Å². The molecule has 0 aromatic carbocycles. The Hall–Kier alpha value is -2.29. The third-order valence-corrected chi connectivity index (χ3v) is 5.01. The van der Waals surface area contributed by atoms with E-state index in [1.807, 2.05) is 20.8 Å². The van der Waals surface area contributed by atoms with Crippen molar-refractivity contribution in [2.24, 2.45) is 4.99 Å². The first-order valence-corrected chi connectivity index (χ1v) is 10.9. The van der Waals surface area contributed by atoms with Crippen LogP contribution in [-0.2, 0) is 24.1 Å². The summed E-state index contributed by atoms with van der Waals surface area (Å²) in [5, 5.41) is 10.9. The molecule has 0 aliphatic carbocycles. The molecule has 0 bridgehead atoms. The van der Waals surface area contributed by atoms with E-state index in [9.17, 15) is 4.79 Å². The van der Waals surface area contributed by atoms with Crippen molar-refractivity contribution in [1.29, 1.82) is 0 Å². The van der Waals surface area contributed by atoms with E-state index in [-0.39, 0.29) is 6.09 Å². The second-order valence-electron chi connectivity index (χ2n) is 8.40. The summed E-state index contributed by atoms with van der Waals surface area (Å²) >= 11 is 0. The summed E-state index contributed by atoms with van der Waals surface area (Å²) in [4.78, 5) is 20.6. The number of guanidine groups is 1. The molecule has 1 fully saturated rings. The highest BCUT2D eigenvalue weighted by molar-refractivity contribution is 5.79. The standard InChI is InChI=1S/C21H38N6O3/c1-7-17-16(18(8-2)30-25-17)15-24-19(22-6)23-9-10-26-11-13-27(14-12-26)20(28)29-21(3,4)5/h7-15H2,1-6H3,(H2,22,23,24). The molecular formula is C21H38N6O3. The van der Waals surface area contributed by atoms with Gasteiger partial charge in [0.2, 0.25) is 0 Å². The van der Waals surface area contributed by atoms with Crippen LogP contribution in [0.3, 0.4) is 0 Å². The first kappa shape index (κ1) is 24.0. The van der Waals surface area contributed by atoms with Crippen LogP contribution in [0.4, 0.5) is 4.79 Å². The monoisotopic (exact) mass is 422 g/mol. The quantitative estimate of drug-likeness (QED) is 0.513. The maximum Gasteiger partial charge on any atom is 0.410 e. The Kier molecular flexibility index (Phi) is 8.95. The van der Waals surface area contributed by atoms with Gasteiger partial charge < -0.3 is 24.8 Å². The number of nitrogens with zero attached hydrogens (tertiary/aromatic N) is 4. The third-order valence-electron chi connectivity index (χ3n) is 5.01. The first-order chi connectivity index (χ1) is 14.3. The Balaban J connectivity index is 1.71. The summed E-state index contributed by atoms with van der Waals surface area (Å²) in [5.41, 5.74) is 1.67. The number of nitrogens with one attached hydrogen (secondary N) is 2. The Bertz CT molecular complexity index is 681. The lowest BCUT2D eigenvalue weighted by Gasteiger charge is -2.35. The van der Waals surface area contributed by atoms with Crippen LogP contribution in [0, 0.1) is 0 Å². The Morgan fingerprint density at radius 3 is 2.43 bits per heavy atom. The van der Waals surface area contributed by atoms with E-state index in [0.717, 1.165) is 62.0 Å². The minimum atomic E-state index is -0.455. The van der Waals surface area contributed by atoms with E-state index < -0.39 is 5.60 Å². The summed E-state index contributed by atoms with van der Waals surface area (Å²) in [6.07, 6.45) is 1.45. The van der Waals surface area contributed by atoms with Gasteiger partial charge in [-0.2, -0.15) is 0 Å². The molecule has 170 valence electrons. The fourth-order valence-electron chi connectivity index (χ4n) is 3.34. The van der Waals surface area contributed by atoms with E-state index in [1.165, 1.54) is 0 Å². The number of aliphatic imine (C=N–C) groups is 1. The molecule has 1 aliphatic rings. The number of piperazine rings is 1. The topological polar surface area (TPSA) is 95.2 Å². The Morgan fingerprint density at radius 2 is 1.87 bits per heavy atom. The number of amides is 1. The number of carbonyl (C=O) groups is 1. The molecule has 1 aliphatic heterocycles. The molecule has 1 saturated heterocycles. The Morgan fingerprint density at radius 1 is 1.17 bits per heavy atom. The summed E-state index contributed by atoms with van der Waals surface area (Å²) in [7, 11) is 1.77. The van der Waals surface area contributed by atoms with Gasteiger partial charge >= 0.3 is 6.09 Å². The molecule has 0 atom stereocenters. The van der Waals surface area contributed by atoms with Crippen LogP contribution in [0.15, 0.2) is 9.52 Å². The van der Waals surface area contributed by atoms with Gasteiger partial charge in [0.05, 0.1) is 5.69 Å². The number of hydrogen-bond acceptors (Lipinski definition) is 6. The van der Waals surface area contributed by atoms with E-state index >= 15 is 0 Å². The molecule has 0 unspecified atom stereocenters. The van der Waals surface area contributed by atoms with Crippen LogP contribution in [0.25, 0.3) is 0 Å².